The van der Waals surface area contributed by atoms with Crippen LogP contribution in [-0.4, -0.2) is 22.4 Å². The lowest BCUT2D eigenvalue weighted by Gasteiger charge is -2.31. The van der Waals surface area contributed by atoms with Crippen molar-refractivity contribution in [1.29, 1.82) is 0 Å². The van der Waals surface area contributed by atoms with E-state index in [-0.39, 0.29) is 17.5 Å². The Hall–Kier alpha value is -1.06. The first-order valence-electron chi connectivity index (χ1n) is 7.72. The maximum atomic E-state index is 12.6. The van der Waals surface area contributed by atoms with Crippen LogP contribution in [0.2, 0.25) is 5.02 Å². The highest BCUT2D eigenvalue weighted by atomic mass is 35.5. The zero-order valence-corrected chi connectivity index (χ0v) is 13.7. The molecule has 1 aliphatic rings. The Balaban J connectivity index is 2.06. The minimum absolute atomic E-state index is 0.148. The normalized spacial score (nSPS) is 17.2. The molecule has 0 spiro atoms. The lowest BCUT2D eigenvalue weighted by Crippen LogP contribution is -2.45. The van der Waals surface area contributed by atoms with Crippen LogP contribution in [0.1, 0.15) is 51.5 Å². The summed E-state index contributed by atoms with van der Waals surface area (Å²) < 4.78 is 0. The Labute approximate surface area is 132 Å². The molecule has 3 nitrogen and oxygen atoms in total. The molecule has 1 aromatic rings. The molecule has 0 bridgehead atoms. The molecule has 1 saturated carbocycles. The van der Waals surface area contributed by atoms with Crippen molar-refractivity contribution in [2.24, 2.45) is 5.73 Å². The molecule has 0 saturated heterocycles. The van der Waals surface area contributed by atoms with E-state index in [1.165, 1.54) is 0 Å². The summed E-state index contributed by atoms with van der Waals surface area (Å²) in [5.74, 6) is 0.148. The van der Waals surface area contributed by atoms with Crippen LogP contribution in [0, 0.1) is 0 Å². The molecular weight excluding hydrogens is 284 g/mol. The van der Waals surface area contributed by atoms with Crippen molar-refractivity contribution in [3.63, 3.8) is 0 Å². The van der Waals surface area contributed by atoms with Gasteiger partial charge in [0.15, 0.2) is 0 Å². The van der Waals surface area contributed by atoms with Crippen molar-refractivity contribution < 1.29 is 4.79 Å². The Morgan fingerprint density at radius 3 is 2.62 bits per heavy atom. The predicted octanol–water partition coefficient (Wildman–Crippen LogP) is 3.74. The maximum Gasteiger partial charge on any atom is 0.224 e. The van der Waals surface area contributed by atoms with Crippen molar-refractivity contribution >= 4 is 17.5 Å². The van der Waals surface area contributed by atoms with Crippen molar-refractivity contribution in [2.45, 2.75) is 64.1 Å². The van der Waals surface area contributed by atoms with Gasteiger partial charge in [-0.2, -0.15) is 0 Å². The van der Waals surface area contributed by atoms with E-state index in [1.54, 1.807) is 0 Å². The molecule has 0 radical (unpaired) electrons. The number of nitrogens with two attached hydrogens (primary N) is 1. The Morgan fingerprint density at radius 2 is 2.05 bits per heavy atom. The molecule has 0 aliphatic heterocycles. The minimum Gasteiger partial charge on any atom is -0.336 e. The van der Waals surface area contributed by atoms with E-state index >= 15 is 0 Å². The predicted molar refractivity (Wildman–Crippen MR) is 87.1 cm³/mol. The van der Waals surface area contributed by atoms with Gasteiger partial charge in [-0.25, -0.2) is 0 Å². The second-order valence-corrected chi connectivity index (χ2v) is 6.93. The largest absolute Gasteiger partial charge is 0.336 e. The fraction of sp³-hybridized carbons (Fsp3) is 0.588. The number of hydrogen-bond donors (Lipinski definition) is 1. The van der Waals surface area contributed by atoms with E-state index < -0.39 is 0 Å². The number of carbonyl (C=O) groups is 1. The van der Waals surface area contributed by atoms with Crippen LogP contribution in [0.5, 0.6) is 0 Å². The van der Waals surface area contributed by atoms with Crippen molar-refractivity contribution in [2.75, 3.05) is 0 Å². The first-order chi connectivity index (χ1) is 9.89. The third-order valence-electron chi connectivity index (χ3n) is 4.29. The summed E-state index contributed by atoms with van der Waals surface area (Å²) in [5, 5.41) is 0.703. The monoisotopic (exact) mass is 308 g/mol. The quantitative estimate of drug-likeness (QED) is 0.900. The van der Waals surface area contributed by atoms with Crippen LogP contribution in [0.3, 0.4) is 0 Å². The number of hydrogen-bond acceptors (Lipinski definition) is 2. The van der Waals surface area contributed by atoms with Crippen LogP contribution in [0.15, 0.2) is 24.3 Å². The van der Waals surface area contributed by atoms with Gasteiger partial charge in [0.2, 0.25) is 5.91 Å². The molecule has 1 fully saturated rings. The van der Waals surface area contributed by atoms with Gasteiger partial charge in [-0.05, 0) is 44.4 Å². The molecule has 1 aromatic carbocycles. The van der Waals surface area contributed by atoms with Gasteiger partial charge in [0.05, 0.1) is 0 Å². The van der Waals surface area contributed by atoms with E-state index in [0.29, 0.717) is 18.0 Å². The Kier molecular flexibility index (Phi) is 5.28. The molecule has 4 heteroatoms. The molecule has 21 heavy (non-hydrogen) atoms. The first kappa shape index (κ1) is 16.3. The van der Waals surface area contributed by atoms with E-state index in [2.05, 4.69) is 0 Å². The molecule has 2 N–H and O–H groups in total. The number of carbonyl (C=O) groups excluding carboxylic acids is 1. The number of rotatable bonds is 5. The van der Waals surface area contributed by atoms with Gasteiger partial charge in [0.1, 0.15) is 0 Å². The third kappa shape index (κ3) is 4.45. The van der Waals surface area contributed by atoms with Gasteiger partial charge >= 0.3 is 0 Å². The zero-order chi connectivity index (χ0) is 15.5. The SMILES string of the molecule is CC(C)N(Cc1cccc(Cl)c1)C(=O)CC1(N)CCCC1. The summed E-state index contributed by atoms with van der Waals surface area (Å²) >= 11 is 6.02. The summed E-state index contributed by atoms with van der Waals surface area (Å²) in [4.78, 5) is 14.5. The molecule has 0 heterocycles. The number of benzene rings is 1. The second-order valence-electron chi connectivity index (χ2n) is 6.49. The number of halogens is 1. The average molecular weight is 309 g/mol. The molecular formula is C17H25ClN2O. The molecule has 1 aliphatic carbocycles. The Morgan fingerprint density at radius 1 is 1.38 bits per heavy atom. The molecule has 1 amide bonds. The first-order valence-corrected chi connectivity index (χ1v) is 8.10. The van der Waals surface area contributed by atoms with Crippen LogP contribution >= 0.6 is 11.6 Å². The van der Waals surface area contributed by atoms with E-state index in [9.17, 15) is 4.79 Å². The summed E-state index contributed by atoms with van der Waals surface area (Å²) in [7, 11) is 0. The lowest BCUT2D eigenvalue weighted by atomic mass is 9.93. The third-order valence-corrected chi connectivity index (χ3v) is 4.52. The summed E-state index contributed by atoms with van der Waals surface area (Å²) in [6.07, 6.45) is 4.65. The molecule has 0 unspecified atom stereocenters. The second kappa shape index (κ2) is 6.80. The Bertz CT molecular complexity index is 495. The maximum absolute atomic E-state index is 12.6. The van der Waals surface area contributed by atoms with Gasteiger partial charge in [0.25, 0.3) is 0 Å². The molecule has 2 rings (SSSR count). The lowest BCUT2D eigenvalue weighted by molar-refractivity contribution is -0.134. The molecule has 0 atom stereocenters. The van der Waals surface area contributed by atoms with Gasteiger partial charge in [-0.15, -0.1) is 0 Å². The van der Waals surface area contributed by atoms with Crippen LogP contribution in [0.4, 0.5) is 0 Å². The van der Waals surface area contributed by atoms with Gasteiger partial charge < -0.3 is 10.6 Å². The smallest absolute Gasteiger partial charge is 0.224 e. The van der Waals surface area contributed by atoms with Crippen molar-refractivity contribution in [3.8, 4) is 0 Å². The standard InChI is InChI=1S/C17H25ClN2O/c1-13(2)20(12-14-6-5-7-15(18)10-14)16(21)11-17(19)8-3-4-9-17/h5-7,10,13H,3-4,8-9,11-12,19H2,1-2H3. The van der Waals surface area contributed by atoms with Crippen molar-refractivity contribution in [1.82, 2.24) is 4.90 Å². The number of nitrogens with zero attached hydrogens (tertiary/aromatic N) is 1. The average Bonchev–Trinajstić information content (AvgIpc) is 2.82. The van der Waals surface area contributed by atoms with E-state index in [0.717, 1.165) is 31.2 Å². The van der Waals surface area contributed by atoms with Crippen LogP contribution < -0.4 is 5.73 Å². The summed E-state index contributed by atoms with van der Waals surface area (Å²) in [6, 6.07) is 7.84. The highest BCUT2D eigenvalue weighted by Gasteiger charge is 2.33. The number of amides is 1. The van der Waals surface area contributed by atoms with E-state index in [1.807, 2.05) is 43.0 Å². The summed E-state index contributed by atoms with van der Waals surface area (Å²) in [5.41, 5.74) is 7.11. The zero-order valence-electron chi connectivity index (χ0n) is 12.9. The van der Waals surface area contributed by atoms with Gasteiger partial charge in [0, 0.05) is 29.6 Å². The van der Waals surface area contributed by atoms with Gasteiger partial charge in [-0.3, -0.25) is 4.79 Å². The van der Waals surface area contributed by atoms with E-state index in [4.69, 9.17) is 17.3 Å². The fourth-order valence-electron chi connectivity index (χ4n) is 3.05. The highest BCUT2D eigenvalue weighted by molar-refractivity contribution is 6.30. The van der Waals surface area contributed by atoms with Crippen molar-refractivity contribution in [3.05, 3.63) is 34.9 Å². The fourth-order valence-corrected chi connectivity index (χ4v) is 3.26. The summed E-state index contributed by atoms with van der Waals surface area (Å²) in [6.45, 7) is 4.67. The topological polar surface area (TPSA) is 46.3 Å². The van der Waals surface area contributed by atoms with Crippen LogP contribution in [0.25, 0.3) is 0 Å². The minimum atomic E-state index is -0.293. The molecule has 116 valence electrons. The van der Waals surface area contributed by atoms with Crippen LogP contribution in [-0.2, 0) is 11.3 Å². The molecule has 0 aromatic heterocycles. The van der Waals surface area contributed by atoms with Gasteiger partial charge in [-0.1, -0.05) is 36.6 Å². The highest BCUT2D eigenvalue weighted by Crippen LogP contribution is 2.31.